The molecule has 1 heterocycles. The number of aromatic nitrogens is 1. The van der Waals surface area contributed by atoms with Crippen LogP contribution in [0, 0.1) is 13.8 Å². The second-order valence-corrected chi connectivity index (χ2v) is 6.18. The number of nitrogens with zero attached hydrogens (tertiary/aromatic N) is 1. The molecule has 1 aromatic heterocycles. The van der Waals surface area contributed by atoms with Crippen molar-refractivity contribution in [3.8, 4) is 0 Å². The lowest BCUT2D eigenvalue weighted by atomic mass is 9.87. The van der Waals surface area contributed by atoms with Crippen molar-refractivity contribution in [2.45, 2.75) is 25.9 Å². The van der Waals surface area contributed by atoms with Gasteiger partial charge in [-0.2, -0.15) is 13.2 Å². The third-order valence-corrected chi connectivity index (χ3v) is 4.27. The van der Waals surface area contributed by atoms with Crippen LogP contribution < -0.4 is 10.6 Å². The molecule has 138 valence electrons. The average molecular weight is 381 g/mol. The van der Waals surface area contributed by atoms with Gasteiger partial charge in [0.05, 0.1) is 11.3 Å². The molecule has 1 amide bonds. The van der Waals surface area contributed by atoms with Gasteiger partial charge in [-0.15, -0.1) is 0 Å². The second kappa shape index (κ2) is 7.82. The molecular weight excluding hydrogens is 363 g/mol. The van der Waals surface area contributed by atoms with Crippen LogP contribution in [-0.2, 0) is 11.0 Å². The average Bonchev–Trinajstić information content (AvgIpc) is 2.57. The van der Waals surface area contributed by atoms with Gasteiger partial charge in [0.1, 0.15) is 5.92 Å². The predicted molar refractivity (Wildman–Crippen MR) is 96.8 cm³/mol. The van der Waals surface area contributed by atoms with Crippen molar-refractivity contribution in [2.24, 2.45) is 0 Å². The van der Waals surface area contributed by atoms with E-state index in [1.165, 1.54) is 0 Å². The monoisotopic (exact) mass is 381 g/mol. The Hall–Kier alpha value is -2.48. The number of carbonyl (C=O) groups is 1. The number of pyridine rings is 1. The van der Waals surface area contributed by atoms with Gasteiger partial charge in [-0.1, -0.05) is 18.2 Å². The summed E-state index contributed by atoms with van der Waals surface area (Å²) in [4.78, 5) is 16.9. The summed E-state index contributed by atoms with van der Waals surface area (Å²) >= 11 is 4.96. The minimum absolute atomic E-state index is 0.00799. The Morgan fingerprint density at radius 3 is 2.35 bits per heavy atom. The molecule has 0 aliphatic carbocycles. The van der Waals surface area contributed by atoms with Crippen molar-refractivity contribution in [1.29, 1.82) is 0 Å². The number of hydrogen-bond donors (Lipinski definition) is 2. The van der Waals surface area contributed by atoms with Crippen LogP contribution in [0.1, 0.15) is 33.9 Å². The summed E-state index contributed by atoms with van der Waals surface area (Å²) in [5, 5.41) is 5.20. The zero-order valence-electron chi connectivity index (χ0n) is 14.4. The normalized spacial score (nSPS) is 12.4. The molecule has 1 aromatic carbocycles. The van der Waals surface area contributed by atoms with Gasteiger partial charge in [-0.3, -0.25) is 9.78 Å². The number of amides is 1. The van der Waals surface area contributed by atoms with E-state index in [9.17, 15) is 18.0 Å². The number of aryl methyl sites for hydroxylation is 2. The van der Waals surface area contributed by atoms with Crippen LogP contribution in [0.4, 0.5) is 13.2 Å². The molecule has 26 heavy (non-hydrogen) atoms. The topological polar surface area (TPSA) is 54.0 Å². The van der Waals surface area contributed by atoms with Crippen LogP contribution in [0.2, 0.25) is 0 Å². The lowest BCUT2D eigenvalue weighted by Crippen LogP contribution is -2.40. The Labute approximate surface area is 154 Å². The molecule has 1 unspecified atom stereocenters. The van der Waals surface area contributed by atoms with Gasteiger partial charge < -0.3 is 10.6 Å². The lowest BCUT2D eigenvalue weighted by Gasteiger charge is -2.21. The maximum absolute atomic E-state index is 13.1. The number of halogens is 3. The molecule has 0 radical (unpaired) electrons. The van der Waals surface area contributed by atoms with Gasteiger partial charge in [-0.05, 0) is 54.9 Å². The quantitative estimate of drug-likeness (QED) is 0.800. The number of benzene rings is 1. The van der Waals surface area contributed by atoms with E-state index >= 15 is 0 Å². The zero-order chi connectivity index (χ0) is 19.5. The number of hydrogen-bond acceptors (Lipinski definition) is 3. The molecule has 0 spiro atoms. The Balaban J connectivity index is 2.62. The summed E-state index contributed by atoms with van der Waals surface area (Å²) in [6, 6.07) is 7.19. The molecule has 0 aliphatic heterocycles. The second-order valence-electron chi connectivity index (χ2n) is 5.77. The smallest absolute Gasteiger partial charge is 0.365 e. The highest BCUT2D eigenvalue weighted by atomic mass is 32.1. The van der Waals surface area contributed by atoms with Crippen LogP contribution in [0.15, 0.2) is 36.5 Å². The van der Waals surface area contributed by atoms with E-state index in [0.29, 0.717) is 5.56 Å². The van der Waals surface area contributed by atoms with Gasteiger partial charge in [-0.25, -0.2) is 0 Å². The predicted octanol–water partition coefficient (Wildman–Crippen LogP) is 3.47. The molecule has 0 bridgehead atoms. The Morgan fingerprint density at radius 2 is 1.81 bits per heavy atom. The number of rotatable bonds is 3. The third kappa shape index (κ3) is 4.37. The van der Waals surface area contributed by atoms with E-state index in [2.05, 4.69) is 15.6 Å². The molecule has 2 rings (SSSR count). The van der Waals surface area contributed by atoms with E-state index in [0.717, 1.165) is 29.5 Å². The largest absolute Gasteiger partial charge is 0.416 e. The fourth-order valence-electron chi connectivity index (χ4n) is 2.73. The van der Waals surface area contributed by atoms with Crippen molar-refractivity contribution in [3.05, 3.63) is 64.5 Å². The maximum atomic E-state index is 13.1. The van der Waals surface area contributed by atoms with Crippen LogP contribution in [0.3, 0.4) is 0 Å². The molecular formula is C18H18F3N3OS. The van der Waals surface area contributed by atoms with Gasteiger partial charge in [0.2, 0.25) is 5.91 Å². The Morgan fingerprint density at radius 1 is 1.19 bits per heavy atom. The van der Waals surface area contributed by atoms with E-state index in [4.69, 9.17) is 12.2 Å². The first-order chi connectivity index (χ1) is 12.1. The first kappa shape index (κ1) is 19.8. The minimum atomic E-state index is -4.53. The highest BCUT2D eigenvalue weighted by molar-refractivity contribution is 7.80. The van der Waals surface area contributed by atoms with Gasteiger partial charge in [0.15, 0.2) is 5.11 Å². The maximum Gasteiger partial charge on any atom is 0.416 e. The van der Waals surface area contributed by atoms with Crippen molar-refractivity contribution < 1.29 is 18.0 Å². The SMILES string of the molecule is CNC(=S)NC(=O)C(c1cc(C(F)(F)F)ccn1)c1c(C)cccc1C. The molecule has 0 saturated heterocycles. The standard InChI is InChI=1S/C18H18F3N3OS/c1-10-5-4-6-11(2)14(10)15(16(25)24-17(26)22-3)13-9-12(7-8-23-13)18(19,20)21/h4-9,15H,1-3H3,(H2,22,24,25,26). The zero-order valence-corrected chi connectivity index (χ0v) is 15.3. The summed E-state index contributed by atoms with van der Waals surface area (Å²) in [5.41, 5.74) is 1.31. The highest BCUT2D eigenvalue weighted by Crippen LogP contribution is 2.34. The van der Waals surface area contributed by atoms with Crippen LogP contribution in [0.25, 0.3) is 0 Å². The first-order valence-corrected chi connectivity index (χ1v) is 8.17. The molecule has 2 aromatic rings. The Bertz CT molecular complexity index is 816. The van der Waals surface area contributed by atoms with Crippen molar-refractivity contribution in [2.75, 3.05) is 7.05 Å². The number of alkyl halides is 3. The van der Waals surface area contributed by atoms with Crippen molar-refractivity contribution in [1.82, 2.24) is 15.6 Å². The van der Waals surface area contributed by atoms with Crippen LogP contribution in [-0.4, -0.2) is 23.1 Å². The molecule has 0 fully saturated rings. The van der Waals surface area contributed by atoms with Crippen LogP contribution in [0.5, 0.6) is 0 Å². The minimum Gasteiger partial charge on any atom is -0.365 e. The fourth-order valence-corrected chi connectivity index (χ4v) is 2.83. The summed E-state index contributed by atoms with van der Waals surface area (Å²) in [6.07, 6.45) is -3.47. The number of nitrogens with one attached hydrogen (secondary N) is 2. The molecule has 0 aliphatic rings. The summed E-state index contributed by atoms with van der Waals surface area (Å²) < 4.78 is 39.3. The highest BCUT2D eigenvalue weighted by Gasteiger charge is 2.34. The number of thiocarbonyl (C=S) groups is 1. The molecule has 0 saturated carbocycles. The van der Waals surface area contributed by atoms with E-state index < -0.39 is 23.6 Å². The van der Waals surface area contributed by atoms with Gasteiger partial charge in [0, 0.05) is 13.2 Å². The fraction of sp³-hybridized carbons (Fsp3) is 0.278. The van der Waals surface area contributed by atoms with E-state index in [1.54, 1.807) is 33.0 Å². The summed E-state index contributed by atoms with van der Waals surface area (Å²) in [7, 11) is 1.54. The molecule has 1 atom stereocenters. The van der Waals surface area contributed by atoms with Gasteiger partial charge in [0.25, 0.3) is 0 Å². The van der Waals surface area contributed by atoms with Crippen molar-refractivity contribution in [3.63, 3.8) is 0 Å². The summed E-state index contributed by atoms with van der Waals surface area (Å²) in [5.74, 6) is -1.57. The van der Waals surface area contributed by atoms with Crippen molar-refractivity contribution >= 4 is 23.2 Å². The number of carbonyl (C=O) groups excluding carboxylic acids is 1. The van der Waals surface area contributed by atoms with E-state index in [1.807, 2.05) is 6.07 Å². The third-order valence-electron chi connectivity index (χ3n) is 3.96. The van der Waals surface area contributed by atoms with Gasteiger partial charge >= 0.3 is 6.18 Å². The Kier molecular flexibility index (Phi) is 5.97. The lowest BCUT2D eigenvalue weighted by molar-refractivity contribution is -0.137. The molecule has 8 heteroatoms. The van der Waals surface area contributed by atoms with Crippen LogP contribution >= 0.6 is 12.2 Å². The first-order valence-electron chi connectivity index (χ1n) is 7.77. The summed E-state index contributed by atoms with van der Waals surface area (Å²) in [6.45, 7) is 3.60. The van der Waals surface area contributed by atoms with E-state index in [-0.39, 0.29) is 10.8 Å². The molecule has 2 N–H and O–H groups in total. The molecule has 4 nitrogen and oxygen atoms in total.